The predicted octanol–water partition coefficient (Wildman–Crippen LogP) is 3.40. The molecule has 0 heterocycles. The van der Waals surface area contributed by atoms with E-state index in [0.717, 1.165) is 21.9 Å². The average Bonchev–Trinajstić information content (AvgIpc) is 2.72. The quantitative estimate of drug-likeness (QED) is 0.536. The molecule has 0 radical (unpaired) electrons. The van der Waals surface area contributed by atoms with E-state index in [-0.39, 0.29) is 24.8 Å². The second-order valence-corrected chi connectivity index (χ2v) is 7.28. The number of benzene rings is 3. The van der Waals surface area contributed by atoms with Gasteiger partial charge in [0.25, 0.3) is 0 Å². The first-order valence-electron chi connectivity index (χ1n) is 9.74. The number of fused-ring (bicyclic) bond motifs is 1. The molecular weight excluding hydrogens is 380 g/mol. The van der Waals surface area contributed by atoms with E-state index < -0.39 is 11.9 Å². The fourth-order valence-electron chi connectivity index (χ4n) is 3.29. The zero-order chi connectivity index (χ0) is 21.5. The molecular formula is C24H24N2O4. The summed E-state index contributed by atoms with van der Waals surface area (Å²) in [6.45, 7) is 1.49. The van der Waals surface area contributed by atoms with Gasteiger partial charge in [-0.25, -0.2) is 0 Å². The lowest BCUT2D eigenvalue weighted by molar-refractivity contribution is -0.141. The van der Waals surface area contributed by atoms with E-state index in [9.17, 15) is 19.5 Å². The van der Waals surface area contributed by atoms with Crippen LogP contribution in [-0.2, 0) is 27.2 Å². The van der Waals surface area contributed by atoms with Gasteiger partial charge in [0.1, 0.15) is 0 Å². The van der Waals surface area contributed by atoms with Crippen molar-refractivity contribution in [2.24, 2.45) is 5.92 Å². The van der Waals surface area contributed by atoms with E-state index in [2.05, 4.69) is 10.6 Å². The summed E-state index contributed by atoms with van der Waals surface area (Å²) in [6, 6.07) is 20.8. The molecule has 30 heavy (non-hydrogen) atoms. The van der Waals surface area contributed by atoms with Gasteiger partial charge in [0.05, 0.1) is 12.3 Å². The molecule has 154 valence electrons. The molecule has 0 bridgehead atoms. The van der Waals surface area contributed by atoms with Gasteiger partial charge in [0, 0.05) is 19.2 Å². The van der Waals surface area contributed by atoms with Crippen LogP contribution in [0.1, 0.15) is 18.1 Å². The number of aliphatic carboxylic acids is 1. The van der Waals surface area contributed by atoms with Crippen molar-refractivity contribution >= 4 is 34.2 Å². The van der Waals surface area contributed by atoms with Gasteiger partial charge in [-0.2, -0.15) is 0 Å². The molecule has 3 N–H and O–H groups in total. The molecule has 0 aliphatic carbocycles. The van der Waals surface area contributed by atoms with E-state index in [1.54, 1.807) is 24.3 Å². The molecule has 6 heteroatoms. The van der Waals surface area contributed by atoms with Crippen molar-refractivity contribution in [1.29, 1.82) is 0 Å². The number of carboxylic acids is 1. The Balaban J connectivity index is 1.56. The summed E-state index contributed by atoms with van der Waals surface area (Å²) in [5, 5.41) is 17.1. The largest absolute Gasteiger partial charge is 0.481 e. The molecule has 0 saturated heterocycles. The van der Waals surface area contributed by atoms with Crippen LogP contribution in [0.25, 0.3) is 10.8 Å². The highest BCUT2D eigenvalue weighted by molar-refractivity contribution is 5.88. The standard InChI is InChI=1S/C24H24N2O4/c1-16(27)26-22-10-7-17(8-11-22)14-23(28)25-15-21(24(29)30)13-18-6-9-19-4-2-3-5-20(19)12-18/h2-12,21H,13-15H2,1H3,(H,25,28)(H,26,27)(H,29,30)/t21-/m1/s1. The Morgan fingerprint density at radius 3 is 2.23 bits per heavy atom. The number of carbonyl (C=O) groups excluding carboxylic acids is 2. The summed E-state index contributed by atoms with van der Waals surface area (Å²) >= 11 is 0. The Bertz CT molecular complexity index is 1060. The lowest BCUT2D eigenvalue weighted by atomic mass is 9.97. The van der Waals surface area contributed by atoms with Crippen LogP contribution in [0.2, 0.25) is 0 Å². The van der Waals surface area contributed by atoms with Crippen LogP contribution in [0.3, 0.4) is 0 Å². The van der Waals surface area contributed by atoms with Crippen LogP contribution in [0.5, 0.6) is 0 Å². The van der Waals surface area contributed by atoms with Crippen LogP contribution < -0.4 is 10.6 Å². The third kappa shape index (κ3) is 5.91. The highest BCUT2D eigenvalue weighted by atomic mass is 16.4. The zero-order valence-electron chi connectivity index (χ0n) is 16.7. The summed E-state index contributed by atoms with van der Waals surface area (Å²) < 4.78 is 0. The van der Waals surface area contributed by atoms with Crippen molar-refractivity contribution in [2.75, 3.05) is 11.9 Å². The van der Waals surface area contributed by atoms with Crippen molar-refractivity contribution < 1.29 is 19.5 Å². The van der Waals surface area contributed by atoms with Gasteiger partial charge < -0.3 is 15.7 Å². The third-order valence-electron chi connectivity index (χ3n) is 4.83. The normalized spacial score (nSPS) is 11.6. The van der Waals surface area contributed by atoms with Crippen LogP contribution in [0.4, 0.5) is 5.69 Å². The van der Waals surface area contributed by atoms with E-state index in [1.165, 1.54) is 6.92 Å². The summed E-state index contributed by atoms with van der Waals surface area (Å²) in [5.74, 6) is -2.06. The van der Waals surface area contributed by atoms with Gasteiger partial charge >= 0.3 is 5.97 Å². The smallest absolute Gasteiger partial charge is 0.308 e. The maximum atomic E-state index is 12.3. The van der Waals surface area contributed by atoms with Gasteiger partial charge in [-0.05, 0) is 40.5 Å². The third-order valence-corrected chi connectivity index (χ3v) is 4.83. The van der Waals surface area contributed by atoms with E-state index >= 15 is 0 Å². The molecule has 3 rings (SSSR count). The van der Waals surface area contributed by atoms with Crippen LogP contribution in [0, 0.1) is 5.92 Å². The highest BCUT2D eigenvalue weighted by Crippen LogP contribution is 2.18. The minimum Gasteiger partial charge on any atom is -0.481 e. The Hall–Kier alpha value is -3.67. The average molecular weight is 404 g/mol. The van der Waals surface area contributed by atoms with E-state index in [1.807, 2.05) is 42.5 Å². The van der Waals surface area contributed by atoms with Crippen LogP contribution in [-0.4, -0.2) is 29.4 Å². The summed E-state index contributed by atoms with van der Waals surface area (Å²) in [5.41, 5.74) is 2.36. The fourth-order valence-corrected chi connectivity index (χ4v) is 3.29. The SMILES string of the molecule is CC(=O)Nc1ccc(CC(=O)NC[C@@H](Cc2ccc3ccccc3c2)C(=O)O)cc1. The number of hydrogen-bond donors (Lipinski definition) is 3. The molecule has 1 atom stereocenters. The topological polar surface area (TPSA) is 95.5 Å². The first-order valence-corrected chi connectivity index (χ1v) is 9.74. The number of hydrogen-bond acceptors (Lipinski definition) is 3. The molecule has 0 aromatic heterocycles. The van der Waals surface area contributed by atoms with Crippen LogP contribution >= 0.6 is 0 Å². The molecule has 3 aromatic rings. The highest BCUT2D eigenvalue weighted by Gasteiger charge is 2.19. The second-order valence-electron chi connectivity index (χ2n) is 7.28. The Morgan fingerprint density at radius 1 is 0.900 bits per heavy atom. The first-order chi connectivity index (χ1) is 14.4. The molecule has 2 amide bonds. The minimum absolute atomic E-state index is 0.0605. The molecule has 0 unspecified atom stereocenters. The van der Waals surface area contributed by atoms with E-state index in [0.29, 0.717) is 12.1 Å². The summed E-state index contributed by atoms with van der Waals surface area (Å²) in [6.07, 6.45) is 0.481. The number of carboxylic acid groups (broad SMARTS) is 1. The Kier molecular flexibility index (Phi) is 6.80. The maximum absolute atomic E-state index is 12.3. The summed E-state index contributed by atoms with van der Waals surface area (Å²) in [4.78, 5) is 35.0. The monoisotopic (exact) mass is 404 g/mol. The lowest BCUT2D eigenvalue weighted by Gasteiger charge is -2.14. The Morgan fingerprint density at radius 2 is 1.57 bits per heavy atom. The Labute approximate surface area is 174 Å². The molecule has 0 saturated carbocycles. The molecule has 6 nitrogen and oxygen atoms in total. The van der Waals surface area contributed by atoms with Crippen molar-refractivity contribution in [1.82, 2.24) is 5.32 Å². The van der Waals surface area contributed by atoms with Gasteiger partial charge in [-0.3, -0.25) is 14.4 Å². The number of nitrogens with one attached hydrogen (secondary N) is 2. The predicted molar refractivity (Wildman–Crippen MR) is 116 cm³/mol. The molecule has 3 aromatic carbocycles. The van der Waals surface area contributed by atoms with Gasteiger partial charge in [-0.1, -0.05) is 54.6 Å². The van der Waals surface area contributed by atoms with Crippen LogP contribution in [0.15, 0.2) is 66.7 Å². The zero-order valence-corrected chi connectivity index (χ0v) is 16.7. The number of amides is 2. The van der Waals surface area contributed by atoms with Crippen molar-refractivity contribution in [2.45, 2.75) is 19.8 Å². The molecule has 0 aliphatic rings. The number of anilines is 1. The van der Waals surface area contributed by atoms with Crippen molar-refractivity contribution in [3.8, 4) is 0 Å². The van der Waals surface area contributed by atoms with Gasteiger partial charge in [0.15, 0.2) is 0 Å². The lowest BCUT2D eigenvalue weighted by Crippen LogP contribution is -2.34. The van der Waals surface area contributed by atoms with E-state index in [4.69, 9.17) is 0 Å². The summed E-state index contributed by atoms with van der Waals surface area (Å²) in [7, 11) is 0. The molecule has 0 fully saturated rings. The van der Waals surface area contributed by atoms with Gasteiger partial charge in [-0.15, -0.1) is 0 Å². The minimum atomic E-state index is -0.942. The number of carbonyl (C=O) groups is 3. The number of rotatable bonds is 8. The van der Waals surface area contributed by atoms with Crippen molar-refractivity contribution in [3.63, 3.8) is 0 Å². The molecule has 0 spiro atoms. The van der Waals surface area contributed by atoms with Crippen molar-refractivity contribution in [3.05, 3.63) is 77.9 Å². The first kappa shape index (κ1) is 21.0. The maximum Gasteiger partial charge on any atom is 0.308 e. The second kappa shape index (κ2) is 9.69. The fraction of sp³-hybridized carbons (Fsp3) is 0.208. The van der Waals surface area contributed by atoms with Gasteiger partial charge in [0.2, 0.25) is 11.8 Å². The molecule has 0 aliphatic heterocycles.